The Morgan fingerprint density at radius 2 is 1.82 bits per heavy atom. The Hall–Kier alpha value is -0.510. The third-order valence-corrected chi connectivity index (χ3v) is 2.90. The van der Waals surface area contributed by atoms with Crippen molar-refractivity contribution in [1.82, 2.24) is 0 Å². The van der Waals surface area contributed by atoms with Crippen molar-refractivity contribution < 1.29 is 13.9 Å². The Bertz CT molecular complexity index is 391. The van der Waals surface area contributed by atoms with Gasteiger partial charge in [0.25, 0.3) is 5.67 Å². The SMILES string of the molecule is CCOC(=O)C(F)(c1ccccc1)C(Cl)(Cl)Cl. The molecule has 0 radical (unpaired) electrons. The largest absolute Gasteiger partial charge is 0.463 e. The van der Waals surface area contributed by atoms with Crippen molar-refractivity contribution >= 4 is 40.8 Å². The third kappa shape index (κ3) is 2.84. The molecule has 0 aliphatic rings. The molecule has 2 nitrogen and oxygen atoms in total. The number of carbonyl (C=O) groups is 1. The summed E-state index contributed by atoms with van der Waals surface area (Å²) in [5, 5.41) is 0. The number of alkyl halides is 4. The summed E-state index contributed by atoms with van der Waals surface area (Å²) >= 11 is 16.7. The molecule has 0 aromatic heterocycles. The van der Waals surface area contributed by atoms with E-state index in [4.69, 9.17) is 34.8 Å². The van der Waals surface area contributed by atoms with Gasteiger partial charge in [0.15, 0.2) is 0 Å². The van der Waals surface area contributed by atoms with Crippen LogP contribution in [0.25, 0.3) is 0 Å². The lowest BCUT2D eigenvalue weighted by Crippen LogP contribution is -2.44. The average Bonchev–Trinajstić information content (AvgIpc) is 2.28. The van der Waals surface area contributed by atoms with Gasteiger partial charge >= 0.3 is 5.97 Å². The van der Waals surface area contributed by atoms with Gasteiger partial charge in [0, 0.05) is 5.56 Å². The first-order valence-corrected chi connectivity index (χ1v) is 5.95. The molecule has 1 aromatic carbocycles. The molecule has 0 spiro atoms. The molecule has 0 N–H and O–H groups in total. The van der Waals surface area contributed by atoms with Crippen LogP contribution in [0, 0.1) is 0 Å². The Morgan fingerprint density at radius 3 is 2.24 bits per heavy atom. The average molecular weight is 300 g/mol. The number of carbonyl (C=O) groups excluding carboxylic acids is 1. The molecule has 0 amide bonds. The molecule has 1 unspecified atom stereocenters. The predicted molar refractivity (Wildman–Crippen MR) is 66.2 cm³/mol. The standard InChI is InChI=1S/C11H10Cl3FO2/c1-2-17-9(16)10(15,11(12,13)14)8-6-4-3-5-7-8/h3-7H,2H2,1H3. The van der Waals surface area contributed by atoms with Crippen LogP contribution in [0.4, 0.5) is 4.39 Å². The van der Waals surface area contributed by atoms with Crippen LogP contribution >= 0.6 is 34.8 Å². The summed E-state index contributed by atoms with van der Waals surface area (Å²) in [4.78, 5) is 11.7. The Labute approximate surface area is 114 Å². The molecule has 0 saturated carbocycles. The summed E-state index contributed by atoms with van der Waals surface area (Å²) in [5.41, 5.74) is -2.88. The second-order valence-corrected chi connectivity index (χ2v) is 5.52. The fraction of sp³-hybridized carbons (Fsp3) is 0.364. The first-order valence-electron chi connectivity index (χ1n) is 4.82. The second kappa shape index (κ2) is 5.42. The van der Waals surface area contributed by atoms with Crippen molar-refractivity contribution in [2.75, 3.05) is 6.61 Å². The van der Waals surface area contributed by atoms with Crippen LogP contribution in [0.15, 0.2) is 30.3 Å². The molecular formula is C11H10Cl3FO2. The summed E-state index contributed by atoms with van der Waals surface area (Å²) in [7, 11) is 0. The lowest BCUT2D eigenvalue weighted by Gasteiger charge is -2.29. The zero-order valence-corrected chi connectivity index (χ0v) is 11.2. The number of esters is 1. The molecule has 1 aromatic rings. The highest BCUT2D eigenvalue weighted by atomic mass is 35.6. The van der Waals surface area contributed by atoms with Crippen molar-refractivity contribution in [3.63, 3.8) is 0 Å². The van der Waals surface area contributed by atoms with Crippen molar-refractivity contribution in [2.24, 2.45) is 0 Å². The van der Waals surface area contributed by atoms with E-state index >= 15 is 0 Å². The van der Waals surface area contributed by atoms with Crippen LogP contribution in [-0.2, 0) is 15.2 Å². The molecule has 1 atom stereocenters. The van der Waals surface area contributed by atoms with Gasteiger partial charge in [-0.3, -0.25) is 0 Å². The van der Waals surface area contributed by atoms with E-state index in [1.165, 1.54) is 12.1 Å². The summed E-state index contributed by atoms with van der Waals surface area (Å²) in [6, 6.07) is 7.46. The zero-order chi connectivity index (χ0) is 13.1. The van der Waals surface area contributed by atoms with Crippen molar-refractivity contribution in [2.45, 2.75) is 16.4 Å². The lowest BCUT2D eigenvalue weighted by molar-refractivity contribution is -0.158. The molecule has 0 heterocycles. The number of benzene rings is 1. The molecule has 6 heteroatoms. The number of hydrogen-bond acceptors (Lipinski definition) is 2. The van der Waals surface area contributed by atoms with Crippen LogP contribution < -0.4 is 0 Å². The van der Waals surface area contributed by atoms with E-state index in [0.717, 1.165) is 0 Å². The summed E-state index contributed by atoms with van der Waals surface area (Å²) in [6.07, 6.45) is 0. The van der Waals surface area contributed by atoms with Gasteiger partial charge in [-0.1, -0.05) is 65.1 Å². The van der Waals surface area contributed by atoms with E-state index in [1.54, 1.807) is 25.1 Å². The molecule has 94 valence electrons. The van der Waals surface area contributed by atoms with Crippen LogP contribution in [0.3, 0.4) is 0 Å². The molecule has 17 heavy (non-hydrogen) atoms. The number of halogens is 4. The highest BCUT2D eigenvalue weighted by Gasteiger charge is 2.58. The minimum atomic E-state index is -2.82. The molecule has 1 rings (SSSR count). The minimum absolute atomic E-state index is 0.00190. The Kier molecular flexibility index (Phi) is 4.64. The summed E-state index contributed by atoms with van der Waals surface area (Å²) < 4.78 is 16.9. The number of hydrogen-bond donors (Lipinski definition) is 0. The zero-order valence-electron chi connectivity index (χ0n) is 8.92. The highest BCUT2D eigenvalue weighted by Crippen LogP contribution is 2.48. The lowest BCUT2D eigenvalue weighted by atomic mass is 9.97. The van der Waals surface area contributed by atoms with Gasteiger partial charge in [-0.2, -0.15) is 0 Å². The molecule has 0 aliphatic heterocycles. The van der Waals surface area contributed by atoms with E-state index < -0.39 is 15.4 Å². The Morgan fingerprint density at radius 1 is 1.29 bits per heavy atom. The van der Waals surface area contributed by atoms with Crippen LogP contribution in [0.2, 0.25) is 0 Å². The number of rotatable bonds is 3. The quantitative estimate of drug-likeness (QED) is 0.627. The molecule has 0 bridgehead atoms. The maximum Gasteiger partial charge on any atom is 0.353 e. The van der Waals surface area contributed by atoms with Crippen LogP contribution in [-0.4, -0.2) is 16.4 Å². The summed E-state index contributed by atoms with van der Waals surface area (Å²) in [6.45, 7) is 1.54. The van der Waals surface area contributed by atoms with Crippen molar-refractivity contribution in [1.29, 1.82) is 0 Å². The van der Waals surface area contributed by atoms with Gasteiger partial charge in [0.2, 0.25) is 3.79 Å². The van der Waals surface area contributed by atoms with Gasteiger partial charge in [-0.15, -0.1) is 0 Å². The van der Waals surface area contributed by atoms with Gasteiger partial charge in [-0.05, 0) is 6.92 Å². The normalized spacial score (nSPS) is 15.1. The van der Waals surface area contributed by atoms with Gasteiger partial charge in [0.1, 0.15) is 0 Å². The van der Waals surface area contributed by atoms with E-state index in [9.17, 15) is 9.18 Å². The monoisotopic (exact) mass is 298 g/mol. The third-order valence-electron chi connectivity index (χ3n) is 2.12. The molecule has 0 fully saturated rings. The maximum absolute atomic E-state index is 14.7. The van der Waals surface area contributed by atoms with E-state index in [2.05, 4.69) is 4.74 Å². The van der Waals surface area contributed by atoms with E-state index in [0.29, 0.717) is 0 Å². The molecular weight excluding hydrogens is 289 g/mol. The second-order valence-electron chi connectivity index (χ2n) is 3.24. The minimum Gasteiger partial charge on any atom is -0.463 e. The Balaban J connectivity index is 3.26. The highest BCUT2D eigenvalue weighted by molar-refractivity contribution is 6.69. The van der Waals surface area contributed by atoms with Crippen LogP contribution in [0.1, 0.15) is 12.5 Å². The topological polar surface area (TPSA) is 26.3 Å². The fourth-order valence-electron chi connectivity index (χ4n) is 1.30. The van der Waals surface area contributed by atoms with Crippen molar-refractivity contribution in [3.05, 3.63) is 35.9 Å². The maximum atomic E-state index is 14.7. The van der Waals surface area contributed by atoms with Gasteiger partial charge in [-0.25, -0.2) is 9.18 Å². The fourth-order valence-corrected chi connectivity index (χ4v) is 1.85. The van der Waals surface area contributed by atoms with Gasteiger partial charge in [0.05, 0.1) is 6.61 Å². The number of ether oxygens (including phenoxy) is 1. The smallest absolute Gasteiger partial charge is 0.353 e. The van der Waals surface area contributed by atoms with Crippen molar-refractivity contribution in [3.8, 4) is 0 Å². The van der Waals surface area contributed by atoms with E-state index in [1.807, 2.05) is 0 Å². The first kappa shape index (κ1) is 14.6. The predicted octanol–water partition coefficient (Wildman–Crippen LogP) is 3.78. The van der Waals surface area contributed by atoms with Gasteiger partial charge < -0.3 is 4.74 Å². The van der Waals surface area contributed by atoms with Crippen LogP contribution in [0.5, 0.6) is 0 Å². The first-order chi connectivity index (χ1) is 7.84. The molecule has 0 aliphatic carbocycles. The molecule has 0 saturated heterocycles. The van der Waals surface area contributed by atoms with E-state index in [-0.39, 0.29) is 12.2 Å². The summed E-state index contributed by atoms with van der Waals surface area (Å²) in [5.74, 6) is -1.22.